The molecule has 1 aromatic heterocycles. The van der Waals surface area contributed by atoms with Crippen LogP contribution in [0.15, 0.2) is 4.34 Å². The van der Waals surface area contributed by atoms with E-state index in [1.165, 1.54) is 23.1 Å². The van der Waals surface area contributed by atoms with Gasteiger partial charge in [-0.25, -0.2) is 0 Å². The van der Waals surface area contributed by atoms with Crippen molar-refractivity contribution in [3.8, 4) is 0 Å². The minimum Gasteiger partial charge on any atom is -0.376 e. The molecule has 0 spiro atoms. The second-order valence-corrected chi connectivity index (χ2v) is 8.94. The molecule has 1 aliphatic rings. The molecular formula is C15H26N4O2S2. The van der Waals surface area contributed by atoms with E-state index >= 15 is 0 Å². The summed E-state index contributed by atoms with van der Waals surface area (Å²) in [5.74, 6) is 0.0333. The number of carbonyl (C=O) groups excluding carboxylic acids is 1. The molecule has 8 heteroatoms. The molecule has 0 saturated carbocycles. The highest BCUT2D eigenvalue weighted by Gasteiger charge is 2.23. The number of nitrogens with zero attached hydrogens (tertiary/aromatic N) is 2. The van der Waals surface area contributed by atoms with Gasteiger partial charge in [-0.05, 0) is 40.0 Å². The molecule has 2 unspecified atom stereocenters. The molecule has 0 aromatic carbocycles. The Morgan fingerprint density at radius 2 is 2.30 bits per heavy atom. The second-order valence-electron chi connectivity index (χ2n) is 6.38. The summed E-state index contributed by atoms with van der Waals surface area (Å²) < 4.78 is 6.37. The normalized spacial score (nSPS) is 19.6. The molecule has 1 amide bonds. The Bertz CT molecular complexity index is 515. The quantitative estimate of drug-likeness (QED) is 0.696. The third-order valence-corrected chi connectivity index (χ3v) is 5.97. The van der Waals surface area contributed by atoms with Crippen LogP contribution in [-0.2, 0) is 9.53 Å². The standard InChI is InChI=1S/C15H26N4O2S2/c1-5-15(3,4)17-12(20)10(2)22-14-19-18-13(23-14)16-9-11-7-6-8-21-11/h10-11H,5-9H2,1-4H3,(H,16,18)(H,17,20). The molecule has 1 fully saturated rings. The third-order valence-electron chi connectivity index (χ3n) is 3.90. The average Bonchev–Trinajstić information content (AvgIpc) is 3.16. The summed E-state index contributed by atoms with van der Waals surface area (Å²) in [5, 5.41) is 15.2. The zero-order valence-electron chi connectivity index (χ0n) is 14.2. The van der Waals surface area contributed by atoms with Crippen LogP contribution in [0.25, 0.3) is 0 Å². The van der Waals surface area contributed by atoms with Crippen LogP contribution in [-0.4, -0.2) is 46.1 Å². The summed E-state index contributed by atoms with van der Waals surface area (Å²) >= 11 is 2.92. The van der Waals surface area contributed by atoms with Crippen LogP contribution in [0.5, 0.6) is 0 Å². The van der Waals surface area contributed by atoms with Crippen molar-refractivity contribution in [3.63, 3.8) is 0 Å². The van der Waals surface area contributed by atoms with Gasteiger partial charge in [-0.2, -0.15) is 0 Å². The number of hydrogen-bond acceptors (Lipinski definition) is 7. The smallest absolute Gasteiger partial charge is 0.233 e. The predicted octanol–water partition coefficient (Wildman–Crippen LogP) is 2.91. The molecule has 1 aliphatic heterocycles. The summed E-state index contributed by atoms with van der Waals surface area (Å²) in [6.45, 7) is 9.63. The maximum atomic E-state index is 12.2. The van der Waals surface area contributed by atoms with Gasteiger partial charge in [-0.15, -0.1) is 10.2 Å². The van der Waals surface area contributed by atoms with E-state index in [0.717, 1.165) is 41.9 Å². The zero-order valence-corrected chi connectivity index (χ0v) is 15.9. The monoisotopic (exact) mass is 358 g/mol. The number of amides is 1. The number of anilines is 1. The summed E-state index contributed by atoms with van der Waals surface area (Å²) in [6.07, 6.45) is 3.39. The largest absolute Gasteiger partial charge is 0.376 e. The molecule has 2 rings (SSSR count). The number of nitrogens with one attached hydrogen (secondary N) is 2. The first-order chi connectivity index (χ1) is 10.9. The number of ether oxygens (including phenoxy) is 1. The number of thioether (sulfide) groups is 1. The lowest BCUT2D eigenvalue weighted by atomic mass is 10.0. The molecule has 1 aromatic rings. The Morgan fingerprint density at radius 3 is 2.96 bits per heavy atom. The average molecular weight is 359 g/mol. The summed E-state index contributed by atoms with van der Waals surface area (Å²) in [6, 6.07) is 0. The molecule has 130 valence electrons. The number of carbonyl (C=O) groups is 1. The van der Waals surface area contributed by atoms with Gasteiger partial charge in [0.2, 0.25) is 11.0 Å². The molecule has 0 radical (unpaired) electrons. The van der Waals surface area contributed by atoms with Gasteiger partial charge in [-0.3, -0.25) is 4.79 Å². The van der Waals surface area contributed by atoms with Crippen molar-refractivity contribution in [3.05, 3.63) is 0 Å². The van der Waals surface area contributed by atoms with E-state index in [0.29, 0.717) is 0 Å². The van der Waals surface area contributed by atoms with Crippen LogP contribution in [0.3, 0.4) is 0 Å². The molecule has 0 bridgehead atoms. The first-order valence-electron chi connectivity index (χ1n) is 8.07. The third kappa shape index (κ3) is 5.93. The van der Waals surface area contributed by atoms with Crippen molar-refractivity contribution >= 4 is 34.1 Å². The number of hydrogen-bond donors (Lipinski definition) is 2. The minimum atomic E-state index is -0.195. The van der Waals surface area contributed by atoms with Crippen molar-refractivity contribution in [1.82, 2.24) is 15.5 Å². The van der Waals surface area contributed by atoms with Crippen LogP contribution >= 0.6 is 23.1 Å². The number of rotatable bonds is 8. The van der Waals surface area contributed by atoms with E-state index in [4.69, 9.17) is 4.74 Å². The van der Waals surface area contributed by atoms with Gasteiger partial charge in [0.1, 0.15) is 0 Å². The second kappa shape index (κ2) is 8.30. The van der Waals surface area contributed by atoms with Gasteiger partial charge in [-0.1, -0.05) is 30.0 Å². The van der Waals surface area contributed by atoms with Gasteiger partial charge in [0.25, 0.3) is 0 Å². The highest BCUT2D eigenvalue weighted by Crippen LogP contribution is 2.29. The molecule has 0 aliphatic carbocycles. The molecule has 2 N–H and O–H groups in total. The zero-order chi connectivity index (χ0) is 16.9. The van der Waals surface area contributed by atoms with Gasteiger partial charge < -0.3 is 15.4 Å². The van der Waals surface area contributed by atoms with E-state index < -0.39 is 0 Å². The van der Waals surface area contributed by atoms with Gasteiger partial charge >= 0.3 is 0 Å². The van der Waals surface area contributed by atoms with Crippen LogP contribution in [0.1, 0.15) is 47.0 Å². The lowest BCUT2D eigenvalue weighted by molar-refractivity contribution is -0.121. The lowest BCUT2D eigenvalue weighted by Crippen LogP contribution is -2.46. The van der Waals surface area contributed by atoms with Crippen molar-refractivity contribution in [2.24, 2.45) is 0 Å². The van der Waals surface area contributed by atoms with Crippen molar-refractivity contribution in [1.29, 1.82) is 0 Å². The summed E-state index contributed by atoms with van der Waals surface area (Å²) in [4.78, 5) is 12.2. The van der Waals surface area contributed by atoms with Crippen molar-refractivity contribution in [2.45, 2.75) is 68.2 Å². The van der Waals surface area contributed by atoms with Crippen LogP contribution < -0.4 is 10.6 Å². The highest BCUT2D eigenvalue weighted by atomic mass is 32.2. The van der Waals surface area contributed by atoms with Gasteiger partial charge in [0, 0.05) is 18.7 Å². The maximum absolute atomic E-state index is 12.2. The minimum absolute atomic E-state index is 0.0333. The molecule has 23 heavy (non-hydrogen) atoms. The Hall–Kier alpha value is -0.860. The number of aromatic nitrogens is 2. The van der Waals surface area contributed by atoms with Crippen molar-refractivity contribution < 1.29 is 9.53 Å². The fourth-order valence-electron chi connectivity index (χ4n) is 2.06. The summed E-state index contributed by atoms with van der Waals surface area (Å²) in [7, 11) is 0. The van der Waals surface area contributed by atoms with Crippen LogP contribution in [0.2, 0.25) is 0 Å². The van der Waals surface area contributed by atoms with Crippen LogP contribution in [0, 0.1) is 0 Å². The Morgan fingerprint density at radius 1 is 1.52 bits per heavy atom. The SMILES string of the molecule is CCC(C)(C)NC(=O)C(C)Sc1nnc(NCC2CCCO2)s1. The van der Waals surface area contributed by atoms with E-state index in [-0.39, 0.29) is 22.8 Å². The van der Waals surface area contributed by atoms with E-state index in [2.05, 4.69) is 27.8 Å². The fraction of sp³-hybridized carbons (Fsp3) is 0.800. The topological polar surface area (TPSA) is 76.1 Å². The Balaban J connectivity index is 1.79. The van der Waals surface area contributed by atoms with Crippen LogP contribution in [0.4, 0.5) is 5.13 Å². The van der Waals surface area contributed by atoms with Gasteiger partial charge in [0.15, 0.2) is 4.34 Å². The molecular weight excluding hydrogens is 332 g/mol. The summed E-state index contributed by atoms with van der Waals surface area (Å²) in [5.41, 5.74) is -0.180. The fourth-order valence-corrected chi connectivity index (χ4v) is 3.97. The molecule has 2 heterocycles. The maximum Gasteiger partial charge on any atom is 0.233 e. The first-order valence-corrected chi connectivity index (χ1v) is 9.77. The van der Waals surface area contributed by atoms with E-state index in [1.54, 1.807) is 0 Å². The Labute approximate surface area is 146 Å². The highest BCUT2D eigenvalue weighted by molar-refractivity contribution is 8.02. The first kappa shape index (κ1) is 18.5. The lowest BCUT2D eigenvalue weighted by Gasteiger charge is -2.26. The van der Waals surface area contributed by atoms with E-state index in [9.17, 15) is 4.79 Å². The Kier molecular flexibility index (Phi) is 6.67. The molecule has 1 saturated heterocycles. The van der Waals surface area contributed by atoms with Crippen molar-refractivity contribution in [2.75, 3.05) is 18.5 Å². The molecule has 2 atom stereocenters. The van der Waals surface area contributed by atoms with Gasteiger partial charge in [0.05, 0.1) is 11.4 Å². The molecule has 6 nitrogen and oxygen atoms in total. The van der Waals surface area contributed by atoms with E-state index in [1.807, 2.05) is 20.8 Å². The predicted molar refractivity (Wildman–Crippen MR) is 95.2 cm³/mol.